The highest BCUT2D eigenvalue weighted by molar-refractivity contribution is 5.84. The number of carbonyl (C=O) groups is 1. The van der Waals surface area contributed by atoms with Crippen molar-refractivity contribution in [3.63, 3.8) is 0 Å². The first-order chi connectivity index (χ1) is 10.7. The second-order valence-electron chi connectivity index (χ2n) is 5.70. The molecule has 1 saturated heterocycles. The van der Waals surface area contributed by atoms with Gasteiger partial charge >= 0.3 is 0 Å². The van der Waals surface area contributed by atoms with Crippen LogP contribution in [0.4, 0.5) is 0 Å². The summed E-state index contributed by atoms with van der Waals surface area (Å²) in [5.41, 5.74) is 2.04. The average Bonchev–Trinajstić information content (AvgIpc) is 3.24. The van der Waals surface area contributed by atoms with Gasteiger partial charge in [-0.25, -0.2) is 0 Å². The van der Waals surface area contributed by atoms with Crippen molar-refractivity contribution in [2.24, 2.45) is 0 Å². The van der Waals surface area contributed by atoms with Gasteiger partial charge in [-0.05, 0) is 43.5 Å². The Kier molecular flexibility index (Phi) is 4.13. The summed E-state index contributed by atoms with van der Waals surface area (Å²) >= 11 is 0. The van der Waals surface area contributed by atoms with Crippen LogP contribution in [0.1, 0.15) is 43.0 Å². The lowest BCUT2D eigenvalue weighted by molar-refractivity contribution is -0.133. The van der Waals surface area contributed by atoms with Crippen LogP contribution in [-0.2, 0) is 4.79 Å². The summed E-state index contributed by atoms with van der Waals surface area (Å²) in [6.07, 6.45) is 3.76. The molecule has 2 heterocycles. The first kappa shape index (κ1) is 14.6. The number of nitrogens with one attached hydrogen (secondary N) is 1. The van der Waals surface area contributed by atoms with Gasteiger partial charge in [-0.15, -0.1) is 0 Å². The first-order valence-corrected chi connectivity index (χ1v) is 7.64. The molecule has 0 bridgehead atoms. The number of rotatable bonds is 4. The topological polar surface area (TPSA) is 58.2 Å². The van der Waals surface area contributed by atoms with E-state index >= 15 is 0 Å². The largest absolute Gasteiger partial charge is 0.497 e. The molecule has 2 unspecified atom stereocenters. The van der Waals surface area contributed by atoms with Crippen molar-refractivity contribution in [3.8, 4) is 5.75 Å². The lowest BCUT2D eigenvalue weighted by Crippen LogP contribution is -2.34. The molecular weight excluding hydrogens is 278 g/mol. The molecule has 2 atom stereocenters. The van der Waals surface area contributed by atoms with Crippen LogP contribution < -0.4 is 4.74 Å². The van der Waals surface area contributed by atoms with Gasteiger partial charge in [0.15, 0.2) is 0 Å². The number of methoxy groups -OCH3 is 1. The SMILES string of the molecule is COc1ccc(C(C)C(=O)N2CCCC2c2ccn[nH]2)cc1. The van der Waals surface area contributed by atoms with E-state index in [0.717, 1.165) is 36.4 Å². The van der Waals surface area contributed by atoms with Crippen molar-refractivity contribution in [3.05, 3.63) is 47.8 Å². The average molecular weight is 299 g/mol. The van der Waals surface area contributed by atoms with Gasteiger partial charge in [-0.3, -0.25) is 9.89 Å². The summed E-state index contributed by atoms with van der Waals surface area (Å²) in [6.45, 7) is 2.77. The van der Waals surface area contributed by atoms with Crippen molar-refractivity contribution in [2.45, 2.75) is 31.7 Å². The second-order valence-corrected chi connectivity index (χ2v) is 5.70. The molecule has 0 radical (unpaired) electrons. The minimum absolute atomic E-state index is 0.121. The van der Waals surface area contributed by atoms with Crippen molar-refractivity contribution >= 4 is 5.91 Å². The molecule has 0 spiro atoms. The standard InChI is InChI=1S/C17H21N3O2/c1-12(13-5-7-14(22-2)8-6-13)17(21)20-11-3-4-16(20)15-9-10-18-19-15/h5-10,12,16H,3-4,11H2,1-2H3,(H,18,19). The van der Waals surface area contributed by atoms with Gasteiger partial charge in [-0.1, -0.05) is 12.1 Å². The number of likely N-dealkylation sites (tertiary alicyclic amines) is 1. The van der Waals surface area contributed by atoms with E-state index in [-0.39, 0.29) is 17.9 Å². The fourth-order valence-electron chi connectivity index (χ4n) is 3.09. The highest BCUT2D eigenvalue weighted by Gasteiger charge is 2.33. The number of hydrogen-bond donors (Lipinski definition) is 1. The zero-order valence-electron chi connectivity index (χ0n) is 13.0. The smallest absolute Gasteiger partial charge is 0.230 e. The van der Waals surface area contributed by atoms with Crippen LogP contribution in [0, 0.1) is 0 Å². The summed E-state index contributed by atoms with van der Waals surface area (Å²) in [6, 6.07) is 9.79. The fourth-order valence-corrected chi connectivity index (χ4v) is 3.09. The van der Waals surface area contributed by atoms with Crippen molar-refractivity contribution in [1.82, 2.24) is 15.1 Å². The maximum Gasteiger partial charge on any atom is 0.230 e. The van der Waals surface area contributed by atoms with Crippen LogP contribution in [0.3, 0.4) is 0 Å². The summed E-state index contributed by atoms with van der Waals surface area (Å²) in [4.78, 5) is 14.8. The maximum atomic E-state index is 12.9. The molecule has 116 valence electrons. The predicted molar refractivity (Wildman–Crippen MR) is 83.7 cm³/mol. The molecule has 1 amide bonds. The van der Waals surface area contributed by atoms with Crippen LogP contribution in [0.2, 0.25) is 0 Å². The lowest BCUT2D eigenvalue weighted by atomic mass is 9.99. The zero-order valence-corrected chi connectivity index (χ0v) is 13.0. The van der Waals surface area contributed by atoms with Crippen LogP contribution in [0.15, 0.2) is 36.5 Å². The quantitative estimate of drug-likeness (QED) is 0.944. The molecule has 1 fully saturated rings. The number of aromatic amines is 1. The molecular formula is C17H21N3O2. The predicted octanol–water partition coefficient (Wildman–Crippen LogP) is 2.89. The van der Waals surface area contributed by atoms with Crippen LogP contribution in [0.5, 0.6) is 5.75 Å². The van der Waals surface area contributed by atoms with Crippen molar-refractivity contribution < 1.29 is 9.53 Å². The fraction of sp³-hybridized carbons (Fsp3) is 0.412. The van der Waals surface area contributed by atoms with E-state index < -0.39 is 0 Å². The van der Waals surface area contributed by atoms with E-state index in [1.807, 2.05) is 42.2 Å². The van der Waals surface area contributed by atoms with Gasteiger partial charge in [-0.2, -0.15) is 5.10 Å². The number of carbonyl (C=O) groups excluding carboxylic acids is 1. The van der Waals surface area contributed by atoms with E-state index in [1.54, 1.807) is 13.3 Å². The summed E-state index contributed by atoms with van der Waals surface area (Å²) in [5, 5.41) is 7.00. The van der Waals surface area contributed by atoms with Gasteiger partial charge in [0.25, 0.3) is 0 Å². The highest BCUT2D eigenvalue weighted by Crippen LogP contribution is 2.33. The van der Waals surface area contributed by atoms with Crippen LogP contribution >= 0.6 is 0 Å². The van der Waals surface area contributed by atoms with Gasteiger partial charge in [0, 0.05) is 12.7 Å². The van der Waals surface area contributed by atoms with Crippen molar-refractivity contribution in [2.75, 3.05) is 13.7 Å². The number of hydrogen-bond acceptors (Lipinski definition) is 3. The zero-order chi connectivity index (χ0) is 15.5. The third kappa shape index (κ3) is 2.71. The molecule has 1 aromatic carbocycles. The Hall–Kier alpha value is -2.30. The first-order valence-electron chi connectivity index (χ1n) is 7.64. The van der Waals surface area contributed by atoms with Gasteiger partial charge in [0.1, 0.15) is 5.75 Å². The van der Waals surface area contributed by atoms with E-state index in [1.165, 1.54) is 0 Å². The van der Waals surface area contributed by atoms with Crippen molar-refractivity contribution in [1.29, 1.82) is 0 Å². The lowest BCUT2D eigenvalue weighted by Gasteiger charge is -2.27. The number of amides is 1. The number of aromatic nitrogens is 2. The van der Waals surface area contributed by atoms with Gasteiger partial charge in [0.05, 0.1) is 24.8 Å². The molecule has 5 heteroatoms. The molecule has 1 aliphatic rings. The molecule has 2 aromatic rings. The Morgan fingerprint density at radius 1 is 1.36 bits per heavy atom. The normalized spacial score (nSPS) is 19.2. The molecule has 0 aliphatic carbocycles. The maximum absolute atomic E-state index is 12.9. The van der Waals surface area contributed by atoms with E-state index in [0.29, 0.717) is 0 Å². The molecule has 22 heavy (non-hydrogen) atoms. The van der Waals surface area contributed by atoms with Crippen LogP contribution in [-0.4, -0.2) is 34.7 Å². The van der Waals surface area contributed by atoms with E-state index in [9.17, 15) is 4.79 Å². The number of nitrogens with zero attached hydrogens (tertiary/aromatic N) is 2. The molecule has 1 N–H and O–H groups in total. The van der Waals surface area contributed by atoms with E-state index in [2.05, 4.69) is 10.2 Å². The molecule has 1 aromatic heterocycles. The molecule has 5 nitrogen and oxygen atoms in total. The Labute approximate surface area is 130 Å². The number of H-pyrrole nitrogens is 1. The van der Waals surface area contributed by atoms with Gasteiger partial charge in [0.2, 0.25) is 5.91 Å². The number of benzene rings is 1. The third-order valence-corrected chi connectivity index (χ3v) is 4.40. The minimum atomic E-state index is -0.158. The summed E-state index contributed by atoms with van der Waals surface area (Å²) in [5.74, 6) is 0.816. The molecule has 1 aliphatic heterocycles. The Morgan fingerprint density at radius 3 is 2.77 bits per heavy atom. The van der Waals surface area contributed by atoms with Crippen LogP contribution in [0.25, 0.3) is 0 Å². The molecule has 0 saturated carbocycles. The third-order valence-electron chi connectivity index (χ3n) is 4.40. The highest BCUT2D eigenvalue weighted by atomic mass is 16.5. The minimum Gasteiger partial charge on any atom is -0.497 e. The number of ether oxygens (including phenoxy) is 1. The Morgan fingerprint density at radius 2 is 2.14 bits per heavy atom. The monoisotopic (exact) mass is 299 g/mol. The summed E-state index contributed by atoms with van der Waals surface area (Å²) in [7, 11) is 1.64. The molecule has 3 rings (SSSR count). The van der Waals surface area contributed by atoms with E-state index in [4.69, 9.17) is 4.74 Å². The Bertz CT molecular complexity index is 622. The summed E-state index contributed by atoms with van der Waals surface area (Å²) < 4.78 is 5.17. The Balaban J connectivity index is 1.77. The second kappa shape index (κ2) is 6.22. The van der Waals surface area contributed by atoms with Gasteiger partial charge < -0.3 is 9.64 Å².